The first kappa shape index (κ1) is 22.5. The van der Waals surface area contributed by atoms with Crippen molar-refractivity contribution >= 4 is 5.91 Å². The van der Waals surface area contributed by atoms with E-state index in [4.69, 9.17) is 9.47 Å². The lowest BCUT2D eigenvalue weighted by atomic mass is 9.93. The molecule has 0 radical (unpaired) electrons. The minimum absolute atomic E-state index is 0.0963. The summed E-state index contributed by atoms with van der Waals surface area (Å²) in [5.74, 6) is -0.0354. The Labute approximate surface area is 189 Å². The summed E-state index contributed by atoms with van der Waals surface area (Å²) >= 11 is 0. The average Bonchev–Trinajstić information content (AvgIpc) is 2.83. The maximum Gasteiger partial charge on any atom is 0.262 e. The summed E-state index contributed by atoms with van der Waals surface area (Å²) in [5.41, 5.74) is 0.782. The van der Waals surface area contributed by atoms with Gasteiger partial charge in [0.1, 0.15) is 17.7 Å². The van der Waals surface area contributed by atoms with Crippen LogP contribution in [0.1, 0.15) is 43.0 Å². The van der Waals surface area contributed by atoms with Crippen LogP contribution < -0.4 is 14.8 Å². The SMILES string of the molecule is CCOc1cc(F)cnc1Oc1cncc(-c2ncc(C(=O)N[C@@H]3CCCC[C@H]3F)cn2)c1. The van der Waals surface area contributed by atoms with Gasteiger partial charge < -0.3 is 14.8 Å². The van der Waals surface area contributed by atoms with Crippen molar-refractivity contribution < 1.29 is 23.0 Å². The molecule has 4 rings (SSSR count). The van der Waals surface area contributed by atoms with E-state index in [9.17, 15) is 13.6 Å². The van der Waals surface area contributed by atoms with Crippen LogP contribution in [0.3, 0.4) is 0 Å². The second kappa shape index (κ2) is 10.3. The van der Waals surface area contributed by atoms with Gasteiger partial charge in [-0.05, 0) is 25.8 Å². The minimum atomic E-state index is -1.03. The first-order valence-corrected chi connectivity index (χ1v) is 10.7. The first-order chi connectivity index (χ1) is 16.0. The van der Waals surface area contributed by atoms with Gasteiger partial charge in [-0.15, -0.1) is 0 Å². The molecule has 3 aromatic heterocycles. The van der Waals surface area contributed by atoms with Crippen molar-refractivity contribution in [1.82, 2.24) is 25.3 Å². The molecule has 8 nitrogen and oxygen atoms in total. The molecule has 3 heterocycles. The molecule has 0 saturated heterocycles. The Kier molecular flexibility index (Phi) is 7.01. The number of nitrogens with zero attached hydrogens (tertiary/aromatic N) is 4. The second-order valence-electron chi connectivity index (χ2n) is 7.58. The molecule has 0 bridgehead atoms. The fraction of sp³-hybridized carbons (Fsp3) is 0.348. The first-order valence-electron chi connectivity index (χ1n) is 10.7. The van der Waals surface area contributed by atoms with Crippen molar-refractivity contribution in [3.8, 4) is 28.8 Å². The number of ether oxygens (including phenoxy) is 2. The summed E-state index contributed by atoms with van der Waals surface area (Å²) in [6.07, 6.45) is 8.59. The van der Waals surface area contributed by atoms with E-state index < -0.39 is 23.9 Å². The van der Waals surface area contributed by atoms with Crippen LogP contribution in [0, 0.1) is 5.82 Å². The monoisotopic (exact) mass is 455 g/mol. The lowest BCUT2D eigenvalue weighted by Crippen LogP contribution is -2.43. The molecule has 0 aliphatic heterocycles. The molecule has 1 aliphatic carbocycles. The molecular formula is C23H23F2N5O3. The Hall–Kier alpha value is -3.69. The molecule has 1 aliphatic rings. The van der Waals surface area contributed by atoms with Gasteiger partial charge in [0.2, 0.25) is 0 Å². The third-order valence-electron chi connectivity index (χ3n) is 5.18. The molecule has 0 aromatic carbocycles. The highest BCUT2D eigenvalue weighted by atomic mass is 19.1. The third kappa shape index (κ3) is 5.57. The molecular weight excluding hydrogens is 432 g/mol. The molecule has 10 heteroatoms. The molecule has 0 spiro atoms. The van der Waals surface area contributed by atoms with E-state index in [1.54, 1.807) is 19.2 Å². The summed E-state index contributed by atoms with van der Waals surface area (Å²) in [6, 6.07) is 2.35. The number of amides is 1. The Morgan fingerprint density at radius 3 is 2.64 bits per heavy atom. The van der Waals surface area contributed by atoms with Crippen molar-refractivity contribution in [2.24, 2.45) is 0 Å². The number of halogens is 2. The lowest BCUT2D eigenvalue weighted by molar-refractivity contribution is 0.0883. The number of carbonyl (C=O) groups is 1. The zero-order valence-electron chi connectivity index (χ0n) is 18.0. The van der Waals surface area contributed by atoms with Crippen LogP contribution in [0.15, 0.2) is 43.1 Å². The molecule has 172 valence electrons. The fourth-order valence-electron chi connectivity index (χ4n) is 3.55. The summed E-state index contributed by atoms with van der Waals surface area (Å²) < 4.78 is 38.5. The Morgan fingerprint density at radius 2 is 1.88 bits per heavy atom. The Bertz CT molecular complexity index is 1110. The quantitative estimate of drug-likeness (QED) is 0.568. The van der Waals surface area contributed by atoms with Crippen LogP contribution in [0.2, 0.25) is 0 Å². The van der Waals surface area contributed by atoms with Gasteiger partial charge in [-0.2, -0.15) is 0 Å². The molecule has 3 aromatic rings. The van der Waals surface area contributed by atoms with Crippen molar-refractivity contribution in [3.05, 3.63) is 54.5 Å². The smallest absolute Gasteiger partial charge is 0.262 e. The number of pyridine rings is 2. The zero-order chi connectivity index (χ0) is 23.2. The summed E-state index contributed by atoms with van der Waals surface area (Å²) in [4.78, 5) is 29.0. The van der Waals surface area contributed by atoms with Crippen molar-refractivity contribution in [2.75, 3.05) is 6.61 Å². The minimum Gasteiger partial charge on any atom is -0.488 e. The Morgan fingerprint density at radius 1 is 1.09 bits per heavy atom. The van der Waals surface area contributed by atoms with Gasteiger partial charge in [0.15, 0.2) is 11.6 Å². The van der Waals surface area contributed by atoms with Gasteiger partial charge in [-0.1, -0.05) is 12.8 Å². The van der Waals surface area contributed by atoms with Crippen molar-refractivity contribution in [3.63, 3.8) is 0 Å². The van der Waals surface area contributed by atoms with Gasteiger partial charge in [0.25, 0.3) is 11.8 Å². The maximum absolute atomic E-state index is 14.0. The molecule has 33 heavy (non-hydrogen) atoms. The van der Waals surface area contributed by atoms with Crippen LogP contribution in [0.25, 0.3) is 11.4 Å². The van der Waals surface area contributed by atoms with E-state index in [-0.39, 0.29) is 17.2 Å². The van der Waals surface area contributed by atoms with E-state index >= 15 is 0 Å². The fourth-order valence-corrected chi connectivity index (χ4v) is 3.55. The van der Waals surface area contributed by atoms with Gasteiger partial charge in [0, 0.05) is 30.2 Å². The zero-order valence-corrected chi connectivity index (χ0v) is 18.0. The van der Waals surface area contributed by atoms with Crippen molar-refractivity contribution in [1.29, 1.82) is 0 Å². The standard InChI is InChI=1S/C23H23F2N5O3/c1-2-32-20-8-16(24)12-29-23(20)33-17-7-14(9-26-13-17)21-27-10-15(11-28-21)22(31)30-19-6-4-3-5-18(19)25/h7-13,18-19H,2-6H2,1H3,(H,30,31)/t18-,19-/m1/s1. The number of carbonyl (C=O) groups excluding carboxylic acids is 1. The second-order valence-corrected chi connectivity index (χ2v) is 7.58. The number of hydrogen-bond acceptors (Lipinski definition) is 7. The predicted octanol–water partition coefficient (Wildman–Crippen LogP) is 4.27. The van der Waals surface area contributed by atoms with Crippen LogP contribution in [-0.4, -0.2) is 44.7 Å². The summed E-state index contributed by atoms with van der Waals surface area (Å²) in [7, 11) is 0. The van der Waals surface area contributed by atoms with Crippen LogP contribution in [0.4, 0.5) is 8.78 Å². The van der Waals surface area contributed by atoms with Gasteiger partial charge in [0.05, 0.1) is 30.6 Å². The molecule has 1 saturated carbocycles. The summed E-state index contributed by atoms with van der Waals surface area (Å²) in [5, 5.41) is 2.73. The normalized spacial score (nSPS) is 17.9. The lowest BCUT2D eigenvalue weighted by Gasteiger charge is -2.26. The predicted molar refractivity (Wildman–Crippen MR) is 115 cm³/mol. The van der Waals surface area contributed by atoms with Crippen molar-refractivity contribution in [2.45, 2.75) is 44.8 Å². The molecule has 1 amide bonds. The highest BCUT2D eigenvalue weighted by molar-refractivity contribution is 5.94. The summed E-state index contributed by atoms with van der Waals surface area (Å²) in [6.45, 7) is 2.09. The van der Waals surface area contributed by atoms with E-state index in [0.29, 0.717) is 36.6 Å². The number of hydrogen-bond donors (Lipinski definition) is 1. The van der Waals surface area contributed by atoms with Gasteiger partial charge in [-0.25, -0.2) is 23.7 Å². The maximum atomic E-state index is 14.0. The van der Waals surface area contributed by atoms with Gasteiger partial charge in [-0.3, -0.25) is 9.78 Å². The topological polar surface area (TPSA) is 99.1 Å². The average molecular weight is 455 g/mol. The molecule has 1 N–H and O–H groups in total. The van der Waals surface area contributed by atoms with Crippen LogP contribution in [0.5, 0.6) is 17.4 Å². The number of aromatic nitrogens is 4. The number of rotatable bonds is 7. The van der Waals surface area contributed by atoms with E-state index in [1.165, 1.54) is 24.7 Å². The van der Waals surface area contributed by atoms with E-state index in [1.807, 2.05) is 0 Å². The molecule has 2 atom stereocenters. The van der Waals surface area contributed by atoms with Crippen LogP contribution >= 0.6 is 0 Å². The number of alkyl halides is 1. The highest BCUT2D eigenvalue weighted by Gasteiger charge is 2.26. The number of nitrogens with one attached hydrogen (secondary N) is 1. The van der Waals surface area contributed by atoms with E-state index in [0.717, 1.165) is 19.0 Å². The molecule has 0 unspecified atom stereocenters. The van der Waals surface area contributed by atoms with Crippen LogP contribution in [-0.2, 0) is 0 Å². The largest absolute Gasteiger partial charge is 0.488 e. The molecule has 1 fully saturated rings. The Balaban J connectivity index is 1.47. The van der Waals surface area contributed by atoms with Gasteiger partial charge >= 0.3 is 0 Å². The third-order valence-corrected chi connectivity index (χ3v) is 5.18. The highest BCUT2D eigenvalue weighted by Crippen LogP contribution is 2.31. The van der Waals surface area contributed by atoms with E-state index in [2.05, 4.69) is 25.3 Å².